The summed E-state index contributed by atoms with van der Waals surface area (Å²) in [6.07, 6.45) is 4.45. The highest BCUT2D eigenvalue weighted by atomic mass is 16.5. The molecule has 6 nitrogen and oxygen atoms in total. The second-order valence-corrected chi connectivity index (χ2v) is 4.14. The van der Waals surface area contributed by atoms with Gasteiger partial charge in [-0.1, -0.05) is 12.1 Å². The Bertz CT molecular complexity index is 708. The van der Waals surface area contributed by atoms with Crippen LogP contribution in [0.3, 0.4) is 0 Å². The maximum Gasteiger partial charge on any atom is 0.330 e. The van der Waals surface area contributed by atoms with E-state index in [9.17, 15) is 4.79 Å². The molecule has 0 atom stereocenters. The number of hydrogen-bond acceptors (Lipinski definition) is 5. The van der Waals surface area contributed by atoms with Crippen molar-refractivity contribution in [2.24, 2.45) is 0 Å². The van der Waals surface area contributed by atoms with Gasteiger partial charge >= 0.3 is 5.97 Å². The fourth-order valence-corrected chi connectivity index (χ4v) is 1.73. The molecule has 1 aromatic carbocycles. The van der Waals surface area contributed by atoms with Crippen LogP contribution >= 0.6 is 0 Å². The van der Waals surface area contributed by atoms with Gasteiger partial charge in [0.25, 0.3) is 0 Å². The zero-order chi connectivity index (χ0) is 15.2. The number of carbonyl (C=O) groups is 1. The quantitative estimate of drug-likeness (QED) is 0.682. The molecule has 0 bridgehead atoms. The molecule has 0 spiro atoms. The zero-order valence-electron chi connectivity index (χ0n) is 11.5. The number of benzene rings is 1. The number of anilines is 1. The zero-order valence-corrected chi connectivity index (χ0v) is 11.5. The second-order valence-electron chi connectivity index (χ2n) is 4.14. The molecule has 106 valence electrons. The van der Waals surface area contributed by atoms with Crippen molar-refractivity contribution in [3.8, 4) is 11.8 Å². The molecule has 21 heavy (non-hydrogen) atoms. The van der Waals surface area contributed by atoms with Gasteiger partial charge in [-0.15, -0.1) is 0 Å². The van der Waals surface area contributed by atoms with Crippen molar-refractivity contribution in [2.45, 2.75) is 6.92 Å². The van der Waals surface area contributed by atoms with Crippen molar-refractivity contribution in [1.82, 2.24) is 9.78 Å². The second kappa shape index (κ2) is 6.39. The number of ether oxygens (including phenoxy) is 1. The normalized spacial score (nSPS) is 10.5. The van der Waals surface area contributed by atoms with Gasteiger partial charge in [-0.25, -0.2) is 9.48 Å². The van der Waals surface area contributed by atoms with Gasteiger partial charge in [0.15, 0.2) is 0 Å². The van der Waals surface area contributed by atoms with Crippen molar-refractivity contribution in [3.63, 3.8) is 0 Å². The van der Waals surface area contributed by atoms with Crippen LogP contribution in [0.25, 0.3) is 11.8 Å². The first kappa shape index (κ1) is 14.3. The predicted octanol–water partition coefficient (Wildman–Crippen LogP) is 1.90. The molecule has 2 aromatic rings. The molecule has 1 aromatic heterocycles. The molecule has 0 fully saturated rings. The molecule has 2 N–H and O–H groups in total. The van der Waals surface area contributed by atoms with Gasteiger partial charge in [-0.05, 0) is 30.7 Å². The summed E-state index contributed by atoms with van der Waals surface area (Å²) in [6, 6.07) is 9.21. The lowest BCUT2D eigenvalue weighted by Crippen LogP contribution is -2.02. The number of aromatic nitrogens is 2. The molecule has 0 saturated carbocycles. The molecule has 0 aliphatic heterocycles. The molecular weight excluding hydrogens is 268 g/mol. The van der Waals surface area contributed by atoms with Gasteiger partial charge in [0.05, 0.1) is 18.5 Å². The Morgan fingerprint density at radius 1 is 1.48 bits per heavy atom. The number of nitrogens with zero attached hydrogens (tertiary/aromatic N) is 3. The van der Waals surface area contributed by atoms with Crippen LogP contribution in [0.4, 0.5) is 5.82 Å². The number of carbonyl (C=O) groups excluding carboxylic acids is 1. The smallest absolute Gasteiger partial charge is 0.330 e. The van der Waals surface area contributed by atoms with E-state index >= 15 is 0 Å². The molecule has 0 amide bonds. The Balaban J connectivity index is 2.17. The Hall–Kier alpha value is -3.07. The highest BCUT2D eigenvalue weighted by molar-refractivity contribution is 5.87. The first-order valence-electron chi connectivity index (χ1n) is 6.34. The van der Waals surface area contributed by atoms with Crippen LogP contribution in [0, 0.1) is 11.3 Å². The lowest BCUT2D eigenvalue weighted by atomic mass is 10.2. The van der Waals surface area contributed by atoms with Gasteiger partial charge in [0, 0.05) is 6.08 Å². The topological polar surface area (TPSA) is 93.9 Å². The average molecular weight is 282 g/mol. The van der Waals surface area contributed by atoms with Gasteiger partial charge in [0.1, 0.15) is 17.5 Å². The van der Waals surface area contributed by atoms with Crippen LogP contribution in [0.1, 0.15) is 18.1 Å². The maximum atomic E-state index is 11.2. The molecule has 2 rings (SSSR count). The highest BCUT2D eigenvalue weighted by Crippen LogP contribution is 2.17. The molecule has 1 heterocycles. The fraction of sp³-hybridized carbons (Fsp3) is 0.133. The Morgan fingerprint density at radius 2 is 2.19 bits per heavy atom. The highest BCUT2D eigenvalue weighted by Gasteiger charge is 2.07. The van der Waals surface area contributed by atoms with Crippen molar-refractivity contribution >= 4 is 17.9 Å². The van der Waals surface area contributed by atoms with E-state index in [0.717, 1.165) is 11.3 Å². The standard InChI is InChI=1S/C15H14N4O2/c1-2-21-14(20)8-5-11-3-6-13(7-4-11)19-15(17)12(9-16)10-18-19/h3-8,10H,2,17H2,1H3. The Labute approximate surface area is 122 Å². The number of nitrogens with two attached hydrogens (primary N) is 1. The van der Waals surface area contributed by atoms with Gasteiger partial charge in [-0.3, -0.25) is 0 Å². The van der Waals surface area contributed by atoms with Crippen LogP contribution in [0.15, 0.2) is 36.5 Å². The summed E-state index contributed by atoms with van der Waals surface area (Å²) in [5.41, 5.74) is 7.74. The van der Waals surface area contributed by atoms with Crippen LogP contribution in [-0.2, 0) is 9.53 Å². The van der Waals surface area contributed by atoms with Crippen molar-refractivity contribution in [3.05, 3.63) is 47.7 Å². The Kier molecular flexibility index (Phi) is 4.36. The first-order chi connectivity index (χ1) is 10.2. The number of esters is 1. The lowest BCUT2D eigenvalue weighted by molar-refractivity contribution is -0.137. The maximum absolute atomic E-state index is 11.2. The van der Waals surface area contributed by atoms with E-state index in [0.29, 0.717) is 18.0 Å². The minimum absolute atomic E-state index is 0.298. The molecule has 0 unspecified atom stereocenters. The number of hydrogen-bond donors (Lipinski definition) is 1. The van der Waals surface area contributed by atoms with E-state index in [1.54, 1.807) is 25.1 Å². The molecular formula is C15H14N4O2. The molecule has 0 saturated heterocycles. The van der Waals surface area contributed by atoms with E-state index in [1.165, 1.54) is 17.0 Å². The van der Waals surface area contributed by atoms with Gasteiger partial charge in [0.2, 0.25) is 0 Å². The first-order valence-corrected chi connectivity index (χ1v) is 6.34. The monoisotopic (exact) mass is 282 g/mol. The number of nitriles is 1. The van der Waals surface area contributed by atoms with Gasteiger partial charge in [-0.2, -0.15) is 10.4 Å². The molecule has 6 heteroatoms. The fourth-order valence-electron chi connectivity index (χ4n) is 1.73. The SMILES string of the molecule is CCOC(=O)C=Cc1ccc(-n2ncc(C#N)c2N)cc1. The minimum Gasteiger partial charge on any atom is -0.463 e. The summed E-state index contributed by atoms with van der Waals surface area (Å²) in [7, 11) is 0. The predicted molar refractivity (Wildman–Crippen MR) is 78.4 cm³/mol. The summed E-state index contributed by atoms with van der Waals surface area (Å²) in [5.74, 6) is -0.0797. The average Bonchev–Trinajstić information content (AvgIpc) is 2.87. The van der Waals surface area contributed by atoms with E-state index in [-0.39, 0.29) is 5.97 Å². The molecule has 0 aliphatic carbocycles. The number of rotatable bonds is 4. The van der Waals surface area contributed by atoms with E-state index in [4.69, 9.17) is 15.7 Å². The van der Waals surface area contributed by atoms with E-state index in [1.807, 2.05) is 18.2 Å². The summed E-state index contributed by atoms with van der Waals surface area (Å²) in [4.78, 5) is 11.2. The third kappa shape index (κ3) is 3.28. The van der Waals surface area contributed by atoms with Crippen molar-refractivity contribution < 1.29 is 9.53 Å². The summed E-state index contributed by atoms with van der Waals surface area (Å²) < 4.78 is 6.28. The molecule has 0 aliphatic rings. The third-order valence-corrected chi connectivity index (χ3v) is 2.76. The van der Waals surface area contributed by atoms with E-state index < -0.39 is 0 Å². The van der Waals surface area contributed by atoms with Crippen LogP contribution in [0.5, 0.6) is 0 Å². The summed E-state index contributed by atoms with van der Waals surface area (Å²) >= 11 is 0. The van der Waals surface area contributed by atoms with Crippen molar-refractivity contribution in [2.75, 3.05) is 12.3 Å². The minimum atomic E-state index is -0.378. The molecule has 0 radical (unpaired) electrons. The lowest BCUT2D eigenvalue weighted by Gasteiger charge is -2.04. The van der Waals surface area contributed by atoms with Crippen molar-refractivity contribution in [1.29, 1.82) is 5.26 Å². The van der Waals surface area contributed by atoms with Gasteiger partial charge < -0.3 is 10.5 Å². The largest absolute Gasteiger partial charge is 0.463 e. The van der Waals surface area contributed by atoms with Crippen LogP contribution in [-0.4, -0.2) is 22.4 Å². The number of nitrogen functional groups attached to an aromatic ring is 1. The summed E-state index contributed by atoms with van der Waals surface area (Å²) in [5, 5.41) is 12.9. The van der Waals surface area contributed by atoms with Crippen LogP contribution < -0.4 is 5.73 Å². The van der Waals surface area contributed by atoms with E-state index in [2.05, 4.69) is 5.10 Å². The Morgan fingerprint density at radius 3 is 2.76 bits per heavy atom. The third-order valence-electron chi connectivity index (χ3n) is 2.76. The summed E-state index contributed by atoms with van der Waals surface area (Å²) in [6.45, 7) is 2.10. The van der Waals surface area contributed by atoms with Crippen LogP contribution in [0.2, 0.25) is 0 Å².